The van der Waals surface area contributed by atoms with E-state index in [1.165, 1.54) is 0 Å². The third kappa shape index (κ3) is 1.76. The summed E-state index contributed by atoms with van der Waals surface area (Å²) in [5.74, 6) is 0. The largest absolute Gasteiger partial charge is 0.298 e. The fraction of sp³-hybridized carbons (Fsp3) is 0. The lowest BCUT2D eigenvalue weighted by Gasteiger charge is -2.01. The molecule has 0 aliphatic carbocycles. The molecule has 18 heavy (non-hydrogen) atoms. The zero-order chi connectivity index (χ0) is 12.5. The van der Waals surface area contributed by atoms with Crippen LogP contribution in [0.5, 0.6) is 0 Å². The maximum absolute atomic E-state index is 10.6. The van der Waals surface area contributed by atoms with Gasteiger partial charge in [0.15, 0.2) is 5.65 Å². The van der Waals surface area contributed by atoms with E-state index in [0.29, 0.717) is 10.7 Å². The Balaban J connectivity index is 2.18. The van der Waals surface area contributed by atoms with E-state index in [9.17, 15) is 4.79 Å². The van der Waals surface area contributed by atoms with Crippen LogP contribution >= 0.6 is 11.6 Å². The van der Waals surface area contributed by atoms with Crippen LogP contribution in [-0.2, 0) is 0 Å². The summed E-state index contributed by atoms with van der Waals surface area (Å²) in [5, 5.41) is 4.61. The average Bonchev–Trinajstić information content (AvgIpc) is 2.82. The van der Waals surface area contributed by atoms with Crippen molar-refractivity contribution in [2.75, 3.05) is 0 Å². The summed E-state index contributed by atoms with van der Waals surface area (Å²) in [6, 6.07) is 10.7. The number of hydrogen-bond acceptors (Lipinski definition) is 3. The van der Waals surface area contributed by atoms with Gasteiger partial charge in [0.1, 0.15) is 11.4 Å². The van der Waals surface area contributed by atoms with Crippen molar-refractivity contribution in [3.8, 4) is 11.3 Å². The van der Waals surface area contributed by atoms with Gasteiger partial charge in [0.05, 0.1) is 11.9 Å². The lowest BCUT2D eigenvalue weighted by molar-refractivity contribution is 0.112. The van der Waals surface area contributed by atoms with E-state index < -0.39 is 0 Å². The Bertz CT molecular complexity index is 719. The van der Waals surface area contributed by atoms with E-state index in [4.69, 9.17) is 11.6 Å². The molecule has 5 heteroatoms. The second-order valence-corrected chi connectivity index (χ2v) is 4.20. The Morgan fingerprint density at radius 3 is 2.61 bits per heavy atom. The molecule has 0 unspecified atom stereocenters. The van der Waals surface area contributed by atoms with E-state index >= 15 is 0 Å². The van der Waals surface area contributed by atoms with Crippen LogP contribution in [0.3, 0.4) is 0 Å². The first-order chi connectivity index (χ1) is 8.78. The van der Waals surface area contributed by atoms with Crippen molar-refractivity contribution in [2.24, 2.45) is 0 Å². The van der Waals surface area contributed by atoms with E-state index in [-0.39, 0.29) is 0 Å². The van der Waals surface area contributed by atoms with Gasteiger partial charge in [-0.2, -0.15) is 5.10 Å². The molecule has 0 aliphatic heterocycles. The molecule has 0 amide bonds. The normalized spacial score (nSPS) is 10.7. The molecule has 0 saturated heterocycles. The van der Waals surface area contributed by atoms with Gasteiger partial charge >= 0.3 is 0 Å². The van der Waals surface area contributed by atoms with Crippen LogP contribution in [0.15, 0.2) is 42.6 Å². The van der Waals surface area contributed by atoms with Crippen molar-refractivity contribution in [1.82, 2.24) is 14.6 Å². The number of imidazole rings is 1. The maximum Gasteiger partial charge on any atom is 0.154 e. The number of halogens is 1. The number of benzene rings is 1. The SMILES string of the molecule is O=Cc1ccc(-c2cnc3ccc(Cl)nn23)cc1. The Morgan fingerprint density at radius 2 is 1.89 bits per heavy atom. The van der Waals surface area contributed by atoms with Crippen LogP contribution in [0.2, 0.25) is 5.15 Å². The van der Waals surface area contributed by atoms with Crippen LogP contribution in [0, 0.1) is 0 Å². The van der Waals surface area contributed by atoms with Crippen LogP contribution < -0.4 is 0 Å². The highest BCUT2D eigenvalue weighted by Crippen LogP contribution is 2.21. The Kier molecular flexibility index (Phi) is 2.57. The highest BCUT2D eigenvalue weighted by molar-refractivity contribution is 6.29. The molecule has 0 aliphatic rings. The summed E-state index contributed by atoms with van der Waals surface area (Å²) in [4.78, 5) is 14.9. The highest BCUT2D eigenvalue weighted by Gasteiger charge is 2.07. The number of hydrogen-bond donors (Lipinski definition) is 0. The number of aldehydes is 1. The van der Waals surface area contributed by atoms with Gasteiger partial charge in [0, 0.05) is 11.1 Å². The summed E-state index contributed by atoms with van der Waals surface area (Å²) < 4.78 is 1.68. The molecule has 2 heterocycles. The topological polar surface area (TPSA) is 47.3 Å². The molecule has 88 valence electrons. The molecule has 1 aromatic carbocycles. The van der Waals surface area contributed by atoms with Crippen molar-refractivity contribution in [1.29, 1.82) is 0 Å². The summed E-state index contributed by atoms with van der Waals surface area (Å²) >= 11 is 5.88. The molecule has 0 atom stereocenters. The smallest absolute Gasteiger partial charge is 0.154 e. The molecule has 0 radical (unpaired) electrons. The van der Waals surface area contributed by atoms with Crippen molar-refractivity contribution in [2.45, 2.75) is 0 Å². The van der Waals surface area contributed by atoms with E-state index in [1.807, 2.05) is 12.1 Å². The van der Waals surface area contributed by atoms with Gasteiger partial charge in [-0.1, -0.05) is 35.9 Å². The third-order valence-corrected chi connectivity index (χ3v) is 2.87. The second kappa shape index (κ2) is 4.23. The van der Waals surface area contributed by atoms with Crippen LogP contribution in [0.25, 0.3) is 16.9 Å². The Morgan fingerprint density at radius 1 is 1.11 bits per heavy atom. The van der Waals surface area contributed by atoms with E-state index in [1.54, 1.807) is 35.0 Å². The Hall–Kier alpha value is -2.20. The van der Waals surface area contributed by atoms with Gasteiger partial charge in [-0.25, -0.2) is 9.50 Å². The zero-order valence-electron chi connectivity index (χ0n) is 9.25. The summed E-state index contributed by atoms with van der Waals surface area (Å²) in [5.41, 5.74) is 3.14. The maximum atomic E-state index is 10.6. The molecule has 3 aromatic rings. The first-order valence-electron chi connectivity index (χ1n) is 5.34. The molecular formula is C13H8ClN3O. The summed E-state index contributed by atoms with van der Waals surface area (Å²) in [6.45, 7) is 0. The van der Waals surface area contributed by atoms with Crippen molar-refractivity contribution in [3.63, 3.8) is 0 Å². The number of nitrogens with zero attached hydrogens (tertiary/aromatic N) is 3. The van der Waals surface area contributed by atoms with Crippen molar-refractivity contribution < 1.29 is 4.79 Å². The van der Waals surface area contributed by atoms with Gasteiger partial charge in [0.2, 0.25) is 0 Å². The zero-order valence-corrected chi connectivity index (χ0v) is 10.0. The Labute approximate surface area is 108 Å². The summed E-state index contributed by atoms with van der Waals surface area (Å²) in [6.07, 6.45) is 2.54. The molecule has 4 nitrogen and oxygen atoms in total. The number of carbonyl (C=O) groups is 1. The first kappa shape index (κ1) is 10.9. The minimum atomic E-state index is 0.409. The molecule has 0 saturated carbocycles. The first-order valence-corrected chi connectivity index (χ1v) is 5.71. The molecule has 2 aromatic heterocycles. The monoisotopic (exact) mass is 257 g/mol. The standard InChI is InChI=1S/C13H8ClN3O/c14-12-5-6-13-15-7-11(17(13)16-12)10-3-1-9(8-18)2-4-10/h1-8H. The third-order valence-electron chi connectivity index (χ3n) is 2.67. The minimum Gasteiger partial charge on any atom is -0.298 e. The summed E-state index contributed by atoms with van der Waals surface area (Å²) in [7, 11) is 0. The minimum absolute atomic E-state index is 0.409. The number of rotatable bonds is 2. The highest BCUT2D eigenvalue weighted by atomic mass is 35.5. The van der Waals surface area contributed by atoms with Gasteiger partial charge < -0.3 is 0 Å². The van der Waals surface area contributed by atoms with Crippen molar-refractivity contribution >= 4 is 23.5 Å². The molecular weight excluding hydrogens is 250 g/mol. The predicted octanol–water partition coefficient (Wildman–Crippen LogP) is 2.86. The van der Waals surface area contributed by atoms with E-state index in [0.717, 1.165) is 23.2 Å². The van der Waals surface area contributed by atoms with Crippen LogP contribution in [0.4, 0.5) is 0 Å². The molecule has 0 spiro atoms. The fourth-order valence-corrected chi connectivity index (χ4v) is 1.92. The predicted molar refractivity (Wildman–Crippen MR) is 68.8 cm³/mol. The lowest BCUT2D eigenvalue weighted by Crippen LogP contribution is -1.94. The van der Waals surface area contributed by atoms with Crippen molar-refractivity contribution in [3.05, 3.63) is 53.3 Å². The van der Waals surface area contributed by atoms with Gasteiger partial charge in [-0.15, -0.1) is 0 Å². The lowest BCUT2D eigenvalue weighted by atomic mass is 10.1. The fourth-order valence-electron chi connectivity index (χ4n) is 1.78. The molecule has 0 bridgehead atoms. The molecule has 0 N–H and O–H groups in total. The van der Waals surface area contributed by atoms with E-state index in [2.05, 4.69) is 10.1 Å². The average molecular weight is 258 g/mol. The van der Waals surface area contributed by atoms with Crippen LogP contribution in [-0.4, -0.2) is 20.9 Å². The number of aromatic nitrogens is 3. The number of fused-ring (bicyclic) bond motifs is 1. The van der Waals surface area contributed by atoms with Gasteiger partial charge in [-0.3, -0.25) is 4.79 Å². The quantitative estimate of drug-likeness (QED) is 0.663. The van der Waals surface area contributed by atoms with Gasteiger partial charge in [-0.05, 0) is 12.1 Å². The molecule has 3 rings (SSSR count). The second-order valence-electron chi connectivity index (χ2n) is 3.81. The van der Waals surface area contributed by atoms with Gasteiger partial charge in [0.25, 0.3) is 0 Å². The van der Waals surface area contributed by atoms with Crippen LogP contribution in [0.1, 0.15) is 10.4 Å². The number of carbonyl (C=O) groups excluding carboxylic acids is 1. The molecule has 0 fully saturated rings.